The van der Waals surface area contributed by atoms with Gasteiger partial charge in [0.2, 0.25) is 6.86 Å². The van der Waals surface area contributed by atoms with E-state index in [-0.39, 0.29) is 20.9 Å². The Morgan fingerprint density at radius 1 is 1.11 bits per heavy atom. The maximum atomic E-state index is 12.3. The molecule has 1 aliphatic heterocycles. The van der Waals surface area contributed by atoms with Crippen LogP contribution >= 0.6 is 11.6 Å². The number of carbonyl (C=O) groups excluding carboxylic acids is 1. The quantitative estimate of drug-likeness (QED) is 0.297. The highest BCUT2D eigenvalue weighted by Gasteiger charge is 2.34. The number of halogens is 2. The second-order valence-electron chi connectivity index (χ2n) is 8.09. The van der Waals surface area contributed by atoms with Crippen molar-refractivity contribution in [1.82, 2.24) is 0 Å². The minimum Gasteiger partial charge on any atom is -0.463 e. The smallest absolute Gasteiger partial charge is 0.338 e. The Hall–Kier alpha value is -1.07. The lowest BCUT2D eigenvalue weighted by Crippen LogP contribution is -2.34. The van der Waals surface area contributed by atoms with E-state index in [2.05, 4.69) is 6.92 Å². The highest BCUT2D eigenvalue weighted by molar-refractivity contribution is 6.69. The van der Waals surface area contributed by atoms with E-state index in [1.807, 2.05) is 0 Å². The predicted octanol–water partition coefficient (Wildman–Crippen LogP) is 6.17. The molecule has 0 amide bonds. The van der Waals surface area contributed by atoms with Crippen LogP contribution in [-0.4, -0.2) is 32.7 Å². The molecule has 0 bridgehead atoms. The van der Waals surface area contributed by atoms with Crippen molar-refractivity contribution in [2.45, 2.75) is 75.1 Å². The summed E-state index contributed by atoms with van der Waals surface area (Å²) in [6.45, 7) is 1.33. The van der Waals surface area contributed by atoms with Crippen molar-refractivity contribution < 1.29 is 18.7 Å². The molecule has 1 saturated heterocycles. The van der Waals surface area contributed by atoms with Gasteiger partial charge < -0.3 is 9.47 Å². The van der Waals surface area contributed by atoms with Gasteiger partial charge in [0.25, 0.3) is 0 Å². The molecule has 3 rings (SSSR count). The third-order valence-corrected chi connectivity index (χ3v) is 10.8. The predicted molar refractivity (Wildman–Crippen MR) is 112 cm³/mol. The van der Waals surface area contributed by atoms with Crippen LogP contribution < -0.4 is 4.74 Å². The molecule has 1 aliphatic carbocycles. The monoisotopic (exact) mass is 425 g/mol. The molecule has 28 heavy (non-hydrogen) atoms. The first-order valence-corrected chi connectivity index (χ1v) is 13.0. The van der Waals surface area contributed by atoms with Gasteiger partial charge in [-0.25, -0.2) is 9.18 Å². The fourth-order valence-corrected chi connectivity index (χ4v) is 8.32. The largest absolute Gasteiger partial charge is 0.463 e. The van der Waals surface area contributed by atoms with Crippen LogP contribution in [0.4, 0.5) is 4.39 Å². The Labute approximate surface area is 174 Å². The van der Waals surface area contributed by atoms with Crippen LogP contribution in [0.15, 0.2) is 24.3 Å². The van der Waals surface area contributed by atoms with Gasteiger partial charge >= 0.3 is 5.97 Å². The number of alkyl halides is 2. The van der Waals surface area contributed by atoms with E-state index in [0.29, 0.717) is 16.3 Å². The number of carbonyl (C=O) groups is 1. The molecular weight excluding hydrogens is 395 g/mol. The lowest BCUT2D eigenvalue weighted by atomic mass is 9.76. The minimum absolute atomic E-state index is 0.0149. The summed E-state index contributed by atoms with van der Waals surface area (Å²) in [6, 6.07) is 9.18. The fourth-order valence-electron chi connectivity index (χ4n) is 4.73. The molecule has 6 heteroatoms. The lowest BCUT2D eigenvalue weighted by molar-refractivity contribution is 0.0127. The highest BCUT2D eigenvalue weighted by Crippen LogP contribution is 2.40. The van der Waals surface area contributed by atoms with Crippen molar-refractivity contribution in [2.75, 3.05) is 6.86 Å². The third-order valence-electron chi connectivity index (χ3n) is 6.44. The molecule has 1 unspecified atom stereocenters. The van der Waals surface area contributed by atoms with Crippen LogP contribution in [-0.2, 0) is 4.74 Å². The standard InChI is InChI=1S/C22H31ClFO3Si/c1-2-21(23)28-13-11-17(12-14-28)16-3-9-20(10-4-16)27-22(25)18-5-7-19(8-6-18)26-15-24/h5-8,16-17,20-21H,2-4,9-15H2,1H3. The number of esters is 1. The first-order chi connectivity index (χ1) is 13.6. The molecule has 1 radical (unpaired) electrons. The Morgan fingerprint density at radius 3 is 2.29 bits per heavy atom. The Bertz CT molecular complexity index is 611. The van der Waals surface area contributed by atoms with Gasteiger partial charge in [-0.05, 0) is 68.2 Å². The van der Waals surface area contributed by atoms with Gasteiger partial charge in [0.15, 0.2) is 0 Å². The highest BCUT2D eigenvalue weighted by atomic mass is 35.5. The van der Waals surface area contributed by atoms with Crippen LogP contribution in [0, 0.1) is 11.8 Å². The van der Waals surface area contributed by atoms with Crippen LogP contribution in [0.25, 0.3) is 0 Å². The summed E-state index contributed by atoms with van der Waals surface area (Å²) in [5, 5.41) is 0.443. The van der Waals surface area contributed by atoms with Crippen molar-refractivity contribution >= 4 is 26.4 Å². The van der Waals surface area contributed by atoms with Crippen molar-refractivity contribution in [1.29, 1.82) is 0 Å². The average molecular weight is 426 g/mol. The van der Waals surface area contributed by atoms with Gasteiger partial charge in [-0.15, -0.1) is 11.6 Å². The molecule has 1 aromatic rings. The number of rotatable bonds is 7. The Kier molecular flexibility index (Phi) is 8.21. The first kappa shape index (κ1) is 21.6. The van der Waals surface area contributed by atoms with E-state index in [1.165, 1.54) is 24.9 Å². The maximum absolute atomic E-state index is 12.3. The summed E-state index contributed by atoms with van der Waals surface area (Å²) >= 11 is 6.49. The summed E-state index contributed by atoms with van der Waals surface area (Å²) in [6.07, 6.45) is 8.06. The molecule has 2 aliphatic rings. The number of hydrogen-bond acceptors (Lipinski definition) is 3. The molecular formula is C22H31ClFO3Si. The van der Waals surface area contributed by atoms with Crippen molar-refractivity contribution in [3.05, 3.63) is 29.8 Å². The second kappa shape index (κ2) is 10.6. The van der Waals surface area contributed by atoms with Crippen LogP contribution in [0.1, 0.15) is 62.2 Å². The van der Waals surface area contributed by atoms with E-state index >= 15 is 0 Å². The minimum atomic E-state index is -0.874. The zero-order valence-corrected chi connectivity index (χ0v) is 18.4. The maximum Gasteiger partial charge on any atom is 0.338 e. The molecule has 1 saturated carbocycles. The summed E-state index contributed by atoms with van der Waals surface area (Å²) in [5.41, 5.74) is 0.488. The van der Waals surface area contributed by atoms with Crippen molar-refractivity contribution in [2.24, 2.45) is 11.8 Å². The molecule has 0 aromatic heterocycles. The zero-order chi connectivity index (χ0) is 19.9. The van der Waals surface area contributed by atoms with E-state index in [0.717, 1.165) is 43.9 Å². The molecule has 2 fully saturated rings. The second-order valence-corrected chi connectivity index (χ2v) is 12.0. The van der Waals surface area contributed by atoms with Gasteiger partial charge in [-0.1, -0.05) is 31.9 Å². The van der Waals surface area contributed by atoms with Gasteiger partial charge in [0, 0.05) is 5.00 Å². The van der Waals surface area contributed by atoms with Crippen LogP contribution in [0.3, 0.4) is 0 Å². The van der Waals surface area contributed by atoms with E-state index in [9.17, 15) is 9.18 Å². The van der Waals surface area contributed by atoms with Gasteiger partial charge in [0.1, 0.15) is 11.9 Å². The normalized spacial score (nSPS) is 25.2. The Morgan fingerprint density at radius 2 is 1.71 bits per heavy atom. The Balaban J connectivity index is 1.41. The van der Waals surface area contributed by atoms with E-state index in [4.69, 9.17) is 21.1 Å². The summed E-state index contributed by atoms with van der Waals surface area (Å²) in [4.78, 5) is 12.3. The SMILES string of the molecule is CCC(Cl)[Si]1CCC(C2CCC(OC(=O)c3ccc(OCF)cc3)CC2)CC1. The van der Waals surface area contributed by atoms with Gasteiger partial charge in [-0.2, -0.15) is 0 Å². The third kappa shape index (κ3) is 5.72. The topological polar surface area (TPSA) is 35.5 Å². The van der Waals surface area contributed by atoms with E-state index < -0.39 is 6.86 Å². The summed E-state index contributed by atoms with van der Waals surface area (Å²) in [7, 11) is -0.344. The molecule has 0 N–H and O–H groups in total. The van der Waals surface area contributed by atoms with Gasteiger partial charge in [0.05, 0.1) is 14.4 Å². The average Bonchev–Trinajstić information content (AvgIpc) is 2.74. The lowest BCUT2D eigenvalue weighted by Gasteiger charge is -2.38. The first-order valence-electron chi connectivity index (χ1n) is 10.6. The molecule has 155 valence electrons. The zero-order valence-electron chi connectivity index (χ0n) is 16.7. The fraction of sp³-hybridized carbons (Fsp3) is 0.682. The molecule has 1 atom stereocenters. The summed E-state index contributed by atoms with van der Waals surface area (Å²) < 4.78 is 22.6. The molecule has 1 heterocycles. The van der Waals surface area contributed by atoms with Crippen molar-refractivity contribution in [3.63, 3.8) is 0 Å². The van der Waals surface area contributed by atoms with E-state index in [1.54, 1.807) is 24.3 Å². The van der Waals surface area contributed by atoms with Crippen molar-refractivity contribution in [3.8, 4) is 5.75 Å². The van der Waals surface area contributed by atoms with Crippen LogP contribution in [0.2, 0.25) is 12.1 Å². The number of ether oxygens (including phenoxy) is 2. The van der Waals surface area contributed by atoms with Crippen LogP contribution in [0.5, 0.6) is 5.75 Å². The molecule has 1 aromatic carbocycles. The molecule has 0 spiro atoms. The number of hydrogen-bond donors (Lipinski definition) is 0. The molecule has 3 nitrogen and oxygen atoms in total. The van der Waals surface area contributed by atoms with Gasteiger partial charge in [-0.3, -0.25) is 0 Å². The number of benzene rings is 1. The summed E-state index contributed by atoms with van der Waals surface area (Å²) in [5.74, 6) is 1.74.